The van der Waals surface area contributed by atoms with Crippen molar-refractivity contribution in [3.63, 3.8) is 0 Å². The minimum absolute atomic E-state index is 0.0210. The topological polar surface area (TPSA) is 109 Å². The molecule has 37 heavy (non-hydrogen) atoms. The van der Waals surface area contributed by atoms with Crippen molar-refractivity contribution in [2.24, 2.45) is 0 Å². The summed E-state index contributed by atoms with van der Waals surface area (Å²) >= 11 is 0. The molecule has 1 unspecified atom stereocenters. The molecule has 2 N–H and O–H groups in total. The zero-order valence-electron chi connectivity index (χ0n) is 20.5. The van der Waals surface area contributed by atoms with Gasteiger partial charge in [0.15, 0.2) is 0 Å². The zero-order chi connectivity index (χ0) is 26.4. The van der Waals surface area contributed by atoms with Gasteiger partial charge in [0.05, 0.1) is 17.7 Å². The van der Waals surface area contributed by atoms with Crippen LogP contribution in [0.2, 0.25) is 0 Å². The molecule has 2 aromatic carbocycles. The second-order valence-corrected chi connectivity index (χ2v) is 10.9. The molecule has 4 rings (SSSR count). The second-order valence-electron chi connectivity index (χ2n) is 9.16. The van der Waals surface area contributed by atoms with E-state index in [1.807, 2.05) is 0 Å². The van der Waals surface area contributed by atoms with E-state index in [1.165, 1.54) is 35.4 Å². The first-order valence-corrected chi connectivity index (χ1v) is 13.6. The highest BCUT2D eigenvalue weighted by Crippen LogP contribution is 2.22. The Morgan fingerprint density at radius 1 is 1.05 bits per heavy atom. The van der Waals surface area contributed by atoms with Crippen molar-refractivity contribution < 1.29 is 26.8 Å². The van der Waals surface area contributed by atoms with Gasteiger partial charge in [-0.25, -0.2) is 17.5 Å². The summed E-state index contributed by atoms with van der Waals surface area (Å²) in [6, 6.07) is 14.9. The SMILES string of the molecule is CC(C(=O)NCc1ccco1)N(Cc1ccc(F)cc1)C(=O)CCc1ccc(S(=O)(=O)NC2CC2)cc1. The lowest BCUT2D eigenvalue weighted by atomic mass is 10.1. The monoisotopic (exact) mass is 527 g/mol. The van der Waals surface area contributed by atoms with Crippen LogP contribution in [-0.4, -0.2) is 37.2 Å². The van der Waals surface area contributed by atoms with Crippen molar-refractivity contribution in [3.8, 4) is 0 Å². The molecule has 1 atom stereocenters. The summed E-state index contributed by atoms with van der Waals surface area (Å²) in [4.78, 5) is 27.8. The maximum absolute atomic E-state index is 13.4. The van der Waals surface area contributed by atoms with Crippen LogP contribution in [-0.2, 0) is 39.1 Å². The number of benzene rings is 2. The highest BCUT2D eigenvalue weighted by Gasteiger charge is 2.28. The lowest BCUT2D eigenvalue weighted by Gasteiger charge is -2.29. The summed E-state index contributed by atoms with van der Waals surface area (Å²) < 4.78 is 46.0. The fourth-order valence-corrected chi connectivity index (χ4v) is 5.13. The van der Waals surface area contributed by atoms with Crippen LogP contribution < -0.4 is 10.0 Å². The number of amides is 2. The van der Waals surface area contributed by atoms with E-state index in [-0.39, 0.29) is 48.1 Å². The molecule has 0 bridgehead atoms. The van der Waals surface area contributed by atoms with Crippen molar-refractivity contribution in [1.82, 2.24) is 14.9 Å². The van der Waals surface area contributed by atoms with E-state index in [0.717, 1.165) is 18.4 Å². The molecule has 0 spiro atoms. The number of hydrogen-bond acceptors (Lipinski definition) is 5. The molecule has 1 aliphatic carbocycles. The number of rotatable bonds is 12. The van der Waals surface area contributed by atoms with Crippen LogP contribution in [0.25, 0.3) is 0 Å². The largest absolute Gasteiger partial charge is 0.467 e. The van der Waals surface area contributed by atoms with Gasteiger partial charge in [-0.1, -0.05) is 24.3 Å². The van der Waals surface area contributed by atoms with Crippen molar-refractivity contribution in [3.05, 3.63) is 89.6 Å². The van der Waals surface area contributed by atoms with Gasteiger partial charge in [-0.3, -0.25) is 9.59 Å². The highest BCUT2D eigenvalue weighted by molar-refractivity contribution is 7.89. The summed E-state index contributed by atoms with van der Waals surface area (Å²) in [7, 11) is -3.54. The zero-order valence-corrected chi connectivity index (χ0v) is 21.3. The Kier molecular flexibility index (Phi) is 8.40. The average Bonchev–Trinajstić information content (AvgIpc) is 3.53. The Morgan fingerprint density at radius 2 is 1.73 bits per heavy atom. The molecule has 1 aromatic heterocycles. The fraction of sp³-hybridized carbons (Fsp3) is 0.333. The smallest absolute Gasteiger partial charge is 0.242 e. The third-order valence-electron chi connectivity index (χ3n) is 6.21. The van der Waals surface area contributed by atoms with Crippen molar-refractivity contribution in [2.75, 3.05) is 0 Å². The Labute approximate surface area is 215 Å². The van der Waals surface area contributed by atoms with Gasteiger partial charge >= 0.3 is 0 Å². The normalized spacial score (nSPS) is 14.2. The highest BCUT2D eigenvalue weighted by atomic mass is 32.2. The summed E-state index contributed by atoms with van der Waals surface area (Å²) in [5, 5.41) is 2.78. The molecule has 8 nitrogen and oxygen atoms in total. The molecule has 3 aromatic rings. The maximum Gasteiger partial charge on any atom is 0.242 e. The molecule has 2 amide bonds. The molecular weight excluding hydrogens is 497 g/mol. The van der Waals surface area contributed by atoms with E-state index in [1.54, 1.807) is 43.3 Å². The number of halogens is 1. The van der Waals surface area contributed by atoms with Gasteiger partial charge in [-0.05, 0) is 73.7 Å². The Bertz CT molecular complexity index is 1310. The predicted molar refractivity (Wildman–Crippen MR) is 135 cm³/mol. The first-order chi connectivity index (χ1) is 17.7. The number of carbonyl (C=O) groups is 2. The molecule has 0 saturated heterocycles. The summed E-state index contributed by atoms with van der Waals surface area (Å²) in [6.45, 7) is 1.98. The fourth-order valence-electron chi connectivity index (χ4n) is 3.82. The summed E-state index contributed by atoms with van der Waals surface area (Å²) in [6.07, 6.45) is 3.71. The molecule has 0 aliphatic heterocycles. The Hall–Kier alpha value is -3.50. The van der Waals surface area contributed by atoms with Crippen LogP contribution in [0.5, 0.6) is 0 Å². The van der Waals surface area contributed by atoms with E-state index in [4.69, 9.17) is 4.42 Å². The number of furan rings is 1. The van der Waals surface area contributed by atoms with Gasteiger partial charge < -0.3 is 14.6 Å². The van der Waals surface area contributed by atoms with Crippen LogP contribution in [0.1, 0.15) is 43.1 Å². The van der Waals surface area contributed by atoms with Gasteiger partial charge in [0, 0.05) is 19.0 Å². The van der Waals surface area contributed by atoms with E-state index in [2.05, 4.69) is 10.0 Å². The minimum Gasteiger partial charge on any atom is -0.467 e. The van der Waals surface area contributed by atoms with Crippen LogP contribution in [0.3, 0.4) is 0 Å². The quantitative estimate of drug-likeness (QED) is 0.375. The molecule has 0 radical (unpaired) electrons. The maximum atomic E-state index is 13.4. The third-order valence-corrected chi connectivity index (χ3v) is 7.75. The van der Waals surface area contributed by atoms with Crippen molar-refractivity contribution >= 4 is 21.8 Å². The number of hydrogen-bond donors (Lipinski definition) is 2. The molecule has 1 saturated carbocycles. The molecule has 1 heterocycles. The van der Waals surface area contributed by atoms with Gasteiger partial charge in [-0.15, -0.1) is 0 Å². The number of aryl methyl sites for hydroxylation is 1. The van der Waals surface area contributed by atoms with Crippen LogP contribution in [0.4, 0.5) is 4.39 Å². The van der Waals surface area contributed by atoms with Crippen molar-refractivity contribution in [2.45, 2.75) is 62.7 Å². The number of sulfonamides is 1. The molecule has 1 aliphatic rings. The first-order valence-electron chi connectivity index (χ1n) is 12.2. The number of nitrogens with zero attached hydrogens (tertiary/aromatic N) is 1. The van der Waals surface area contributed by atoms with E-state index in [9.17, 15) is 22.4 Å². The summed E-state index contributed by atoms with van der Waals surface area (Å²) in [5.74, 6) is -0.389. The molecule has 1 fully saturated rings. The molecule has 196 valence electrons. The average molecular weight is 528 g/mol. The predicted octanol–water partition coefficient (Wildman–Crippen LogP) is 3.53. The van der Waals surface area contributed by atoms with E-state index < -0.39 is 16.1 Å². The standard InChI is InChI=1S/C27H30FN3O5S/c1-19(27(33)29-17-24-3-2-16-36-24)31(18-21-4-9-22(28)10-5-21)26(32)15-8-20-6-13-25(14-7-20)37(34,35)30-23-11-12-23/h2-7,9-10,13-14,16,19,23,30H,8,11-12,15,17-18H2,1H3,(H,29,33). The Balaban J connectivity index is 1.41. The van der Waals surface area contributed by atoms with E-state index in [0.29, 0.717) is 17.7 Å². The first kappa shape index (κ1) is 26.6. The van der Waals surface area contributed by atoms with E-state index >= 15 is 0 Å². The molecular formula is C27H30FN3O5S. The number of nitrogens with one attached hydrogen (secondary N) is 2. The van der Waals surface area contributed by atoms with Crippen LogP contribution in [0.15, 0.2) is 76.2 Å². The van der Waals surface area contributed by atoms with Crippen LogP contribution >= 0.6 is 0 Å². The van der Waals surface area contributed by atoms with Crippen LogP contribution in [0, 0.1) is 5.82 Å². The minimum atomic E-state index is -3.54. The van der Waals surface area contributed by atoms with Gasteiger partial charge in [0.2, 0.25) is 21.8 Å². The van der Waals surface area contributed by atoms with Gasteiger partial charge in [0.25, 0.3) is 0 Å². The van der Waals surface area contributed by atoms with Crippen molar-refractivity contribution in [1.29, 1.82) is 0 Å². The molecule has 10 heteroatoms. The second kappa shape index (κ2) is 11.7. The lowest BCUT2D eigenvalue weighted by molar-refractivity contribution is -0.140. The summed E-state index contributed by atoms with van der Waals surface area (Å²) in [5.41, 5.74) is 1.49. The number of carbonyl (C=O) groups excluding carboxylic acids is 2. The Morgan fingerprint density at radius 3 is 2.35 bits per heavy atom. The van der Waals surface area contributed by atoms with Gasteiger partial charge in [-0.2, -0.15) is 0 Å². The lowest BCUT2D eigenvalue weighted by Crippen LogP contribution is -2.47. The third kappa shape index (κ3) is 7.50. The van der Waals surface area contributed by atoms with Gasteiger partial charge in [0.1, 0.15) is 17.6 Å².